The summed E-state index contributed by atoms with van der Waals surface area (Å²) in [6, 6.07) is 0. The van der Waals surface area contributed by atoms with E-state index in [1.54, 1.807) is 27.7 Å². The molecule has 3 heteroatoms. The van der Waals surface area contributed by atoms with Crippen molar-refractivity contribution in [1.29, 1.82) is 0 Å². The van der Waals surface area contributed by atoms with Crippen molar-refractivity contribution in [2.75, 3.05) is 0 Å². The number of hydrogen-bond acceptors (Lipinski definition) is 3. The second kappa shape index (κ2) is 5.50. The number of ether oxygens (including phenoxy) is 1. The molecule has 0 amide bonds. The first-order chi connectivity index (χ1) is 7.13. The van der Waals surface area contributed by atoms with Crippen LogP contribution in [-0.4, -0.2) is 17.4 Å². The Bertz CT molecular complexity index is 380. The molecule has 0 bridgehead atoms. The lowest BCUT2D eigenvalue weighted by Crippen LogP contribution is -2.22. The fourth-order valence-corrected chi connectivity index (χ4v) is 0.732. The van der Waals surface area contributed by atoms with Crippen LogP contribution in [0.5, 0.6) is 0 Å². The van der Waals surface area contributed by atoms with Crippen LogP contribution in [0.3, 0.4) is 0 Å². The quantitative estimate of drug-likeness (QED) is 0.225. The lowest BCUT2D eigenvalue weighted by molar-refractivity contribution is -0.147. The van der Waals surface area contributed by atoms with Gasteiger partial charge >= 0.3 is 5.97 Å². The summed E-state index contributed by atoms with van der Waals surface area (Å²) in [5.74, 6) is 3.42. The lowest BCUT2D eigenvalue weighted by atomic mass is 10.1. The molecule has 0 saturated carbocycles. The minimum absolute atomic E-state index is 0.342. The van der Waals surface area contributed by atoms with Crippen molar-refractivity contribution in [2.45, 2.75) is 47.1 Å². The van der Waals surface area contributed by atoms with E-state index >= 15 is 0 Å². The number of allylic oxidation sites excluding steroid dienone is 2. The van der Waals surface area contributed by atoms with Crippen molar-refractivity contribution in [3.63, 3.8) is 0 Å². The van der Waals surface area contributed by atoms with E-state index < -0.39 is 11.6 Å². The Morgan fingerprint density at radius 1 is 1.00 bits per heavy atom. The lowest BCUT2D eigenvalue weighted by Gasteiger charge is -2.16. The molecule has 0 spiro atoms. The summed E-state index contributed by atoms with van der Waals surface area (Å²) in [5.41, 5.74) is 0.875. The molecule has 0 rings (SSSR count). The Morgan fingerprint density at radius 2 is 1.50 bits per heavy atom. The van der Waals surface area contributed by atoms with E-state index in [0.29, 0.717) is 5.57 Å². The highest BCUT2D eigenvalue weighted by atomic mass is 16.6. The summed E-state index contributed by atoms with van der Waals surface area (Å²) in [6.45, 7) is 10.6. The number of Topliss-reactive ketones (excluding diaryl/α,β-unsaturated/α-hetero) is 1. The molecule has 0 aromatic carbocycles. The summed E-state index contributed by atoms with van der Waals surface area (Å²) in [6.07, 6.45) is 0. The van der Waals surface area contributed by atoms with Crippen molar-refractivity contribution < 1.29 is 14.3 Å². The molecule has 0 aromatic rings. The van der Waals surface area contributed by atoms with Gasteiger partial charge in [-0.05, 0) is 47.5 Å². The van der Waals surface area contributed by atoms with Crippen molar-refractivity contribution >= 4 is 11.8 Å². The van der Waals surface area contributed by atoms with Gasteiger partial charge in [-0.3, -0.25) is 4.79 Å². The zero-order chi connectivity index (χ0) is 12.9. The monoisotopic (exact) mass is 222 g/mol. The smallest absolute Gasteiger partial charge is 0.385 e. The maximum absolute atomic E-state index is 11.4. The molecule has 0 unspecified atom stereocenters. The molecule has 0 aliphatic carbocycles. The Balaban J connectivity index is 4.60. The number of hydrogen-bond donors (Lipinski definition) is 0. The van der Waals surface area contributed by atoms with Gasteiger partial charge in [0.2, 0.25) is 5.78 Å². The van der Waals surface area contributed by atoms with Crippen LogP contribution in [0.1, 0.15) is 41.5 Å². The van der Waals surface area contributed by atoms with E-state index in [4.69, 9.17) is 4.74 Å². The molecule has 16 heavy (non-hydrogen) atoms. The number of carbonyl (C=O) groups is 2. The molecule has 0 aliphatic heterocycles. The van der Waals surface area contributed by atoms with E-state index in [2.05, 4.69) is 11.8 Å². The highest BCUT2D eigenvalue weighted by molar-refractivity contribution is 6.11. The topological polar surface area (TPSA) is 43.4 Å². The van der Waals surface area contributed by atoms with Crippen molar-refractivity contribution in [3.8, 4) is 11.8 Å². The van der Waals surface area contributed by atoms with Gasteiger partial charge in [0, 0.05) is 11.5 Å². The molecule has 0 saturated heterocycles. The predicted octanol–water partition coefficient (Wildman–Crippen LogP) is 2.26. The molecule has 0 aliphatic rings. The van der Waals surface area contributed by atoms with Crippen LogP contribution in [0.2, 0.25) is 0 Å². The maximum Gasteiger partial charge on any atom is 0.385 e. The van der Waals surface area contributed by atoms with Gasteiger partial charge in [0.1, 0.15) is 5.60 Å². The fraction of sp³-hybridized carbons (Fsp3) is 0.538. The number of rotatable bonds is 1. The van der Waals surface area contributed by atoms with Crippen molar-refractivity contribution in [3.05, 3.63) is 11.1 Å². The van der Waals surface area contributed by atoms with Crippen LogP contribution < -0.4 is 0 Å². The molecule has 0 fully saturated rings. The highest BCUT2D eigenvalue weighted by Crippen LogP contribution is 2.06. The third-order valence-corrected chi connectivity index (χ3v) is 1.77. The molecule has 88 valence electrons. The van der Waals surface area contributed by atoms with Crippen LogP contribution in [-0.2, 0) is 14.3 Å². The number of ketones is 1. The third kappa shape index (κ3) is 6.02. The first-order valence-corrected chi connectivity index (χ1v) is 5.07. The second-order valence-corrected chi connectivity index (χ2v) is 4.71. The Morgan fingerprint density at radius 3 is 1.88 bits per heavy atom. The molecular weight excluding hydrogens is 204 g/mol. The summed E-state index contributed by atoms with van der Waals surface area (Å²) < 4.78 is 4.95. The van der Waals surface area contributed by atoms with E-state index in [1.165, 1.54) is 0 Å². The van der Waals surface area contributed by atoms with Crippen molar-refractivity contribution in [2.24, 2.45) is 0 Å². The van der Waals surface area contributed by atoms with E-state index in [-0.39, 0.29) is 5.78 Å². The molecule has 0 atom stereocenters. The molecule has 0 aromatic heterocycles. The normalized spacial score (nSPS) is 9.88. The van der Waals surface area contributed by atoms with Gasteiger partial charge in [0.15, 0.2) is 0 Å². The van der Waals surface area contributed by atoms with Gasteiger partial charge in [-0.2, -0.15) is 0 Å². The van der Waals surface area contributed by atoms with Crippen LogP contribution in [0, 0.1) is 11.8 Å². The van der Waals surface area contributed by atoms with Crippen LogP contribution in [0.4, 0.5) is 0 Å². The van der Waals surface area contributed by atoms with Gasteiger partial charge in [0.05, 0.1) is 0 Å². The summed E-state index contributed by atoms with van der Waals surface area (Å²) in [5, 5.41) is 0. The summed E-state index contributed by atoms with van der Waals surface area (Å²) in [7, 11) is 0. The average molecular weight is 222 g/mol. The zero-order valence-electron chi connectivity index (χ0n) is 10.7. The minimum atomic E-state index is -0.678. The van der Waals surface area contributed by atoms with Gasteiger partial charge in [-0.25, -0.2) is 4.79 Å². The molecule has 0 N–H and O–H groups in total. The summed E-state index contributed by atoms with van der Waals surface area (Å²) >= 11 is 0. The van der Waals surface area contributed by atoms with E-state index in [9.17, 15) is 9.59 Å². The van der Waals surface area contributed by atoms with E-state index in [0.717, 1.165) is 5.57 Å². The number of esters is 1. The fourth-order valence-electron chi connectivity index (χ4n) is 0.732. The largest absolute Gasteiger partial charge is 0.450 e. The van der Waals surface area contributed by atoms with Gasteiger partial charge in [-0.15, -0.1) is 0 Å². The van der Waals surface area contributed by atoms with Crippen LogP contribution in [0.25, 0.3) is 0 Å². The minimum Gasteiger partial charge on any atom is -0.450 e. The van der Waals surface area contributed by atoms with Crippen LogP contribution >= 0.6 is 0 Å². The van der Waals surface area contributed by atoms with Crippen molar-refractivity contribution in [1.82, 2.24) is 0 Å². The summed E-state index contributed by atoms with van der Waals surface area (Å²) in [4.78, 5) is 22.6. The second-order valence-electron chi connectivity index (χ2n) is 4.71. The van der Waals surface area contributed by atoms with Gasteiger partial charge < -0.3 is 4.74 Å². The molecule has 0 heterocycles. The zero-order valence-corrected chi connectivity index (χ0v) is 10.7. The molecule has 3 nitrogen and oxygen atoms in total. The van der Waals surface area contributed by atoms with Crippen LogP contribution in [0.15, 0.2) is 11.1 Å². The molecule has 0 radical (unpaired) electrons. The van der Waals surface area contributed by atoms with E-state index in [1.807, 2.05) is 13.8 Å². The predicted molar refractivity (Wildman–Crippen MR) is 62.7 cm³/mol. The Hall–Kier alpha value is -1.56. The molecular formula is C13H18O3. The SMILES string of the molecule is CC(C)=C(C)C(=O)C#CC(=O)OC(C)(C)C. The number of carbonyl (C=O) groups excluding carboxylic acids is 2. The first-order valence-electron chi connectivity index (χ1n) is 5.07. The van der Waals surface area contributed by atoms with Gasteiger partial charge in [0.25, 0.3) is 0 Å². The van der Waals surface area contributed by atoms with Gasteiger partial charge in [-0.1, -0.05) is 5.57 Å². The Labute approximate surface area is 96.9 Å². The Kier molecular flexibility index (Phi) is 4.97. The standard InChI is InChI=1S/C13H18O3/c1-9(2)10(3)11(14)7-8-12(15)16-13(4,5)6/h1-6H3. The maximum atomic E-state index is 11.4. The average Bonchev–Trinajstić information content (AvgIpc) is 2.09. The first kappa shape index (κ1) is 14.4. The highest BCUT2D eigenvalue weighted by Gasteiger charge is 2.14. The third-order valence-electron chi connectivity index (χ3n) is 1.77.